The molecule has 0 saturated heterocycles. The number of aromatic nitrogens is 1. The summed E-state index contributed by atoms with van der Waals surface area (Å²) in [5.74, 6) is 0. The molecule has 3 rings (SSSR count). The summed E-state index contributed by atoms with van der Waals surface area (Å²) in [5.41, 5.74) is 6.38. The normalized spacial score (nSPS) is 10.9. The Balaban J connectivity index is 2.30. The Bertz CT molecular complexity index is 739. The predicted molar refractivity (Wildman–Crippen MR) is 79.7 cm³/mol. The number of rotatable bonds is 1. The summed E-state index contributed by atoms with van der Waals surface area (Å²) in [6.07, 6.45) is 2.15. The SMILES string of the molecule is Cc1ccc(-[n+]2ccc(C)c3cc(C)ccc32)cc1. The van der Waals surface area contributed by atoms with Crippen LogP contribution in [-0.4, -0.2) is 0 Å². The highest BCUT2D eigenvalue weighted by atomic mass is 15.0. The molecule has 3 aromatic rings. The summed E-state index contributed by atoms with van der Waals surface area (Å²) >= 11 is 0. The molecule has 19 heavy (non-hydrogen) atoms. The maximum atomic E-state index is 2.26. The number of fused-ring (bicyclic) bond motifs is 1. The van der Waals surface area contributed by atoms with Crippen LogP contribution in [-0.2, 0) is 0 Å². The number of hydrogen-bond acceptors (Lipinski definition) is 0. The third-order valence-electron chi connectivity index (χ3n) is 3.62. The second-order valence-electron chi connectivity index (χ2n) is 5.22. The molecule has 1 nitrogen and oxygen atoms in total. The van der Waals surface area contributed by atoms with Crippen molar-refractivity contribution in [3.8, 4) is 5.69 Å². The van der Waals surface area contributed by atoms with Crippen LogP contribution >= 0.6 is 0 Å². The molecular weight excluding hydrogens is 230 g/mol. The van der Waals surface area contributed by atoms with Gasteiger partial charge in [0.15, 0.2) is 6.20 Å². The molecule has 0 fully saturated rings. The Morgan fingerprint density at radius 1 is 0.737 bits per heavy atom. The van der Waals surface area contributed by atoms with E-state index in [2.05, 4.69) is 80.1 Å². The molecule has 0 bridgehead atoms. The van der Waals surface area contributed by atoms with Gasteiger partial charge in [0, 0.05) is 24.3 Å². The van der Waals surface area contributed by atoms with E-state index in [0.717, 1.165) is 0 Å². The molecule has 0 saturated carbocycles. The highest BCUT2D eigenvalue weighted by molar-refractivity contribution is 5.80. The molecule has 0 unspecified atom stereocenters. The van der Waals surface area contributed by atoms with E-state index in [1.54, 1.807) is 0 Å². The van der Waals surface area contributed by atoms with Crippen molar-refractivity contribution < 1.29 is 4.57 Å². The van der Waals surface area contributed by atoms with Crippen molar-refractivity contribution in [1.29, 1.82) is 0 Å². The summed E-state index contributed by atoms with van der Waals surface area (Å²) in [7, 11) is 0. The van der Waals surface area contributed by atoms with Crippen molar-refractivity contribution in [3.63, 3.8) is 0 Å². The molecular formula is C18H18N+. The number of hydrogen-bond donors (Lipinski definition) is 0. The maximum Gasteiger partial charge on any atom is 0.218 e. The standard InChI is InChI=1S/C18H18N/c1-13-4-7-16(8-5-13)19-11-10-15(3)17-12-14(2)6-9-18(17)19/h4-12H,1-3H3/q+1. The molecule has 1 aromatic heterocycles. The third kappa shape index (κ3) is 2.12. The van der Waals surface area contributed by atoms with Gasteiger partial charge in [-0.1, -0.05) is 29.3 Å². The molecule has 0 radical (unpaired) electrons. The van der Waals surface area contributed by atoms with Gasteiger partial charge < -0.3 is 0 Å². The van der Waals surface area contributed by atoms with Gasteiger partial charge >= 0.3 is 0 Å². The average Bonchev–Trinajstić information content (AvgIpc) is 2.41. The van der Waals surface area contributed by atoms with Gasteiger partial charge in [-0.3, -0.25) is 0 Å². The van der Waals surface area contributed by atoms with E-state index < -0.39 is 0 Å². The first-order valence-electron chi connectivity index (χ1n) is 6.64. The molecule has 94 valence electrons. The van der Waals surface area contributed by atoms with Gasteiger partial charge in [0.25, 0.3) is 0 Å². The van der Waals surface area contributed by atoms with Crippen LogP contribution in [0.15, 0.2) is 54.7 Å². The molecule has 0 amide bonds. The molecule has 2 aromatic carbocycles. The first kappa shape index (κ1) is 11.9. The van der Waals surface area contributed by atoms with Crippen LogP contribution in [0.5, 0.6) is 0 Å². The molecule has 1 heteroatoms. The monoisotopic (exact) mass is 248 g/mol. The molecule has 0 aliphatic heterocycles. The summed E-state index contributed by atoms with van der Waals surface area (Å²) in [4.78, 5) is 0. The highest BCUT2D eigenvalue weighted by Crippen LogP contribution is 2.18. The molecule has 1 heterocycles. The van der Waals surface area contributed by atoms with Gasteiger partial charge in [-0.2, -0.15) is 4.57 Å². The molecule has 0 N–H and O–H groups in total. The van der Waals surface area contributed by atoms with E-state index in [4.69, 9.17) is 0 Å². The average molecular weight is 248 g/mol. The van der Waals surface area contributed by atoms with Crippen LogP contribution in [0.3, 0.4) is 0 Å². The summed E-state index contributed by atoms with van der Waals surface area (Å²) in [6.45, 7) is 6.43. The van der Waals surface area contributed by atoms with Gasteiger partial charge in [-0.15, -0.1) is 0 Å². The fourth-order valence-corrected chi connectivity index (χ4v) is 2.46. The second kappa shape index (κ2) is 4.51. The largest absolute Gasteiger partial charge is 0.218 e. The smallest absolute Gasteiger partial charge is 0.160 e. The minimum Gasteiger partial charge on any atom is -0.160 e. The molecule has 0 atom stereocenters. The van der Waals surface area contributed by atoms with Gasteiger partial charge in [0.1, 0.15) is 0 Å². The van der Waals surface area contributed by atoms with Crippen molar-refractivity contribution >= 4 is 10.9 Å². The van der Waals surface area contributed by atoms with Crippen molar-refractivity contribution in [2.45, 2.75) is 20.8 Å². The Morgan fingerprint density at radius 3 is 2.16 bits per heavy atom. The molecule has 0 spiro atoms. The molecule has 0 aliphatic rings. The Kier molecular flexibility index (Phi) is 2.83. The molecule has 0 aliphatic carbocycles. The van der Waals surface area contributed by atoms with E-state index in [-0.39, 0.29) is 0 Å². The highest BCUT2D eigenvalue weighted by Gasteiger charge is 2.13. The van der Waals surface area contributed by atoms with Crippen molar-refractivity contribution in [3.05, 3.63) is 71.4 Å². The number of benzene rings is 2. The minimum absolute atomic E-state index is 1.21. The van der Waals surface area contributed by atoms with E-state index >= 15 is 0 Å². The lowest BCUT2D eigenvalue weighted by atomic mass is 10.1. The van der Waals surface area contributed by atoms with Crippen LogP contribution in [0.25, 0.3) is 16.6 Å². The van der Waals surface area contributed by atoms with Crippen molar-refractivity contribution in [1.82, 2.24) is 0 Å². The van der Waals surface area contributed by atoms with Crippen molar-refractivity contribution in [2.24, 2.45) is 0 Å². The van der Waals surface area contributed by atoms with Gasteiger partial charge in [0.05, 0.1) is 5.39 Å². The second-order valence-corrected chi connectivity index (χ2v) is 5.22. The fraction of sp³-hybridized carbons (Fsp3) is 0.167. The zero-order chi connectivity index (χ0) is 13.4. The van der Waals surface area contributed by atoms with E-state index in [0.29, 0.717) is 0 Å². The van der Waals surface area contributed by atoms with Crippen LogP contribution < -0.4 is 4.57 Å². The summed E-state index contributed by atoms with van der Waals surface area (Å²) < 4.78 is 2.25. The van der Waals surface area contributed by atoms with Crippen LogP contribution in [0.4, 0.5) is 0 Å². The van der Waals surface area contributed by atoms with Gasteiger partial charge in [-0.05, 0) is 32.4 Å². The zero-order valence-electron chi connectivity index (χ0n) is 11.6. The number of pyridine rings is 1. The lowest BCUT2D eigenvalue weighted by Crippen LogP contribution is -2.31. The van der Waals surface area contributed by atoms with Gasteiger partial charge in [0.2, 0.25) is 11.2 Å². The Labute approximate surface area is 114 Å². The van der Waals surface area contributed by atoms with E-state index in [1.807, 2.05) is 0 Å². The predicted octanol–water partition coefficient (Wildman–Crippen LogP) is 4.04. The van der Waals surface area contributed by atoms with Crippen LogP contribution in [0, 0.1) is 20.8 Å². The van der Waals surface area contributed by atoms with Crippen molar-refractivity contribution in [2.75, 3.05) is 0 Å². The maximum absolute atomic E-state index is 2.26. The quantitative estimate of drug-likeness (QED) is 0.572. The topological polar surface area (TPSA) is 3.88 Å². The number of aryl methyl sites for hydroxylation is 3. The van der Waals surface area contributed by atoms with Gasteiger partial charge in [-0.25, -0.2) is 0 Å². The van der Waals surface area contributed by atoms with E-state index in [1.165, 1.54) is 33.3 Å². The Morgan fingerprint density at radius 2 is 1.42 bits per heavy atom. The third-order valence-corrected chi connectivity index (χ3v) is 3.62. The Hall–Kier alpha value is -2.15. The minimum atomic E-state index is 1.21. The first-order valence-corrected chi connectivity index (χ1v) is 6.64. The fourth-order valence-electron chi connectivity index (χ4n) is 2.46. The van der Waals surface area contributed by atoms with Crippen LogP contribution in [0.1, 0.15) is 16.7 Å². The van der Waals surface area contributed by atoms with Crippen LogP contribution in [0.2, 0.25) is 0 Å². The summed E-state index contributed by atoms with van der Waals surface area (Å²) in [6, 6.07) is 17.5. The van der Waals surface area contributed by atoms with E-state index in [9.17, 15) is 0 Å². The lowest BCUT2D eigenvalue weighted by molar-refractivity contribution is -0.567. The summed E-state index contributed by atoms with van der Waals surface area (Å²) in [5, 5.41) is 1.32. The number of nitrogens with zero attached hydrogens (tertiary/aromatic N) is 1. The first-order chi connectivity index (χ1) is 9.15. The zero-order valence-corrected chi connectivity index (χ0v) is 11.6. The lowest BCUT2D eigenvalue weighted by Gasteiger charge is -2.04.